The lowest BCUT2D eigenvalue weighted by Gasteiger charge is -2.28. The first-order chi connectivity index (χ1) is 9.78. The number of rotatable bonds is 3. The molecule has 0 aliphatic carbocycles. The van der Waals surface area contributed by atoms with Crippen LogP contribution in [0.15, 0.2) is 29.6 Å². The van der Waals surface area contributed by atoms with Crippen LogP contribution in [-0.4, -0.2) is 24.1 Å². The van der Waals surface area contributed by atoms with E-state index in [0.717, 1.165) is 24.6 Å². The number of carbonyl (C=O) groups excluding carboxylic acids is 1. The summed E-state index contributed by atoms with van der Waals surface area (Å²) in [5.74, 6) is -0.340. The number of benzene rings is 1. The van der Waals surface area contributed by atoms with Gasteiger partial charge in [0.2, 0.25) is 0 Å². The molecular formula is C15H16N2O2S. The van der Waals surface area contributed by atoms with E-state index in [1.54, 1.807) is 12.3 Å². The van der Waals surface area contributed by atoms with E-state index in [-0.39, 0.29) is 5.97 Å². The summed E-state index contributed by atoms with van der Waals surface area (Å²) in [6.07, 6.45) is 1.02. The molecule has 1 aliphatic heterocycles. The third-order valence-corrected chi connectivity index (χ3v) is 4.28. The van der Waals surface area contributed by atoms with Crippen LogP contribution >= 0.6 is 11.3 Å². The highest BCUT2D eigenvalue weighted by atomic mass is 32.1. The molecule has 0 bridgehead atoms. The van der Waals surface area contributed by atoms with E-state index in [0.29, 0.717) is 12.3 Å². The Hall–Kier alpha value is -1.88. The summed E-state index contributed by atoms with van der Waals surface area (Å²) in [7, 11) is 0. The second-order valence-electron chi connectivity index (χ2n) is 4.68. The normalized spacial score (nSPS) is 13.9. The fourth-order valence-electron chi connectivity index (χ4n) is 2.37. The van der Waals surface area contributed by atoms with E-state index < -0.39 is 0 Å². The van der Waals surface area contributed by atoms with Crippen molar-refractivity contribution in [1.82, 2.24) is 4.98 Å². The van der Waals surface area contributed by atoms with Gasteiger partial charge in [0.15, 0.2) is 10.8 Å². The van der Waals surface area contributed by atoms with E-state index in [1.165, 1.54) is 22.5 Å². The SMILES string of the molecule is CCOC(=O)c1csc(N2CCc3ccccc3C2)n1. The van der Waals surface area contributed by atoms with Crippen LogP contribution in [0.1, 0.15) is 28.5 Å². The lowest BCUT2D eigenvalue weighted by atomic mass is 10.0. The minimum Gasteiger partial charge on any atom is -0.461 e. The second kappa shape index (κ2) is 5.63. The van der Waals surface area contributed by atoms with E-state index in [1.807, 2.05) is 0 Å². The summed E-state index contributed by atoms with van der Waals surface area (Å²) in [4.78, 5) is 18.3. The van der Waals surface area contributed by atoms with Gasteiger partial charge in [0.1, 0.15) is 0 Å². The number of hydrogen-bond donors (Lipinski definition) is 0. The maximum Gasteiger partial charge on any atom is 0.357 e. The van der Waals surface area contributed by atoms with Crippen LogP contribution in [0.2, 0.25) is 0 Å². The Morgan fingerprint density at radius 2 is 2.20 bits per heavy atom. The van der Waals surface area contributed by atoms with Crippen molar-refractivity contribution < 1.29 is 9.53 Å². The lowest BCUT2D eigenvalue weighted by Crippen LogP contribution is -2.30. The molecule has 0 N–H and O–H groups in total. The number of nitrogens with zero attached hydrogens (tertiary/aromatic N) is 2. The van der Waals surface area contributed by atoms with Gasteiger partial charge in [-0.15, -0.1) is 11.3 Å². The first kappa shape index (κ1) is 13.1. The zero-order valence-corrected chi connectivity index (χ0v) is 12.2. The van der Waals surface area contributed by atoms with Crippen molar-refractivity contribution in [3.8, 4) is 0 Å². The van der Waals surface area contributed by atoms with Gasteiger partial charge in [-0.25, -0.2) is 9.78 Å². The molecule has 2 aromatic rings. The van der Waals surface area contributed by atoms with Crippen molar-refractivity contribution in [3.63, 3.8) is 0 Å². The largest absolute Gasteiger partial charge is 0.461 e. The van der Waals surface area contributed by atoms with Crippen LogP contribution in [0, 0.1) is 0 Å². The average Bonchev–Trinajstić information content (AvgIpc) is 2.97. The molecule has 20 heavy (non-hydrogen) atoms. The molecule has 2 heterocycles. The Labute approximate surface area is 122 Å². The Kier molecular flexibility index (Phi) is 3.69. The summed E-state index contributed by atoms with van der Waals surface area (Å²) >= 11 is 1.50. The first-order valence-corrected chi connectivity index (χ1v) is 7.60. The van der Waals surface area contributed by atoms with Crippen molar-refractivity contribution in [2.24, 2.45) is 0 Å². The van der Waals surface area contributed by atoms with Crippen molar-refractivity contribution >= 4 is 22.4 Å². The number of thiazole rings is 1. The summed E-state index contributed by atoms with van der Waals surface area (Å²) in [5.41, 5.74) is 3.16. The standard InChI is InChI=1S/C15H16N2O2S/c1-2-19-14(18)13-10-20-15(16-13)17-8-7-11-5-3-4-6-12(11)9-17/h3-6,10H,2,7-9H2,1H3. The molecule has 104 valence electrons. The molecule has 4 nitrogen and oxygen atoms in total. The number of esters is 1. The molecule has 0 radical (unpaired) electrons. The van der Waals surface area contributed by atoms with E-state index in [9.17, 15) is 4.79 Å². The minimum absolute atomic E-state index is 0.340. The Balaban J connectivity index is 1.77. The highest BCUT2D eigenvalue weighted by molar-refractivity contribution is 7.13. The predicted octanol–water partition coefficient (Wildman–Crippen LogP) is 2.88. The highest BCUT2D eigenvalue weighted by Crippen LogP contribution is 2.27. The zero-order valence-electron chi connectivity index (χ0n) is 11.3. The van der Waals surface area contributed by atoms with Crippen LogP contribution in [0.25, 0.3) is 0 Å². The fraction of sp³-hybridized carbons (Fsp3) is 0.333. The molecule has 5 heteroatoms. The maximum absolute atomic E-state index is 11.6. The van der Waals surface area contributed by atoms with E-state index in [2.05, 4.69) is 34.1 Å². The number of fused-ring (bicyclic) bond motifs is 1. The summed E-state index contributed by atoms with van der Waals surface area (Å²) < 4.78 is 4.97. The molecule has 1 aliphatic rings. The Morgan fingerprint density at radius 1 is 1.40 bits per heavy atom. The van der Waals surface area contributed by atoms with Crippen LogP contribution in [0.5, 0.6) is 0 Å². The molecule has 0 saturated heterocycles. The first-order valence-electron chi connectivity index (χ1n) is 6.72. The lowest BCUT2D eigenvalue weighted by molar-refractivity contribution is 0.0520. The zero-order chi connectivity index (χ0) is 13.9. The molecule has 1 aromatic heterocycles. The molecule has 1 aromatic carbocycles. The quantitative estimate of drug-likeness (QED) is 0.815. The van der Waals surface area contributed by atoms with Crippen molar-refractivity contribution in [3.05, 3.63) is 46.5 Å². The molecule has 3 rings (SSSR count). The molecule has 0 unspecified atom stereocenters. The van der Waals surface area contributed by atoms with Gasteiger partial charge in [0.05, 0.1) is 6.61 Å². The van der Waals surface area contributed by atoms with E-state index >= 15 is 0 Å². The van der Waals surface area contributed by atoms with Crippen LogP contribution in [-0.2, 0) is 17.7 Å². The number of aromatic nitrogens is 1. The van der Waals surface area contributed by atoms with Gasteiger partial charge in [-0.3, -0.25) is 0 Å². The smallest absolute Gasteiger partial charge is 0.357 e. The topological polar surface area (TPSA) is 42.4 Å². The molecular weight excluding hydrogens is 272 g/mol. The number of hydrogen-bond acceptors (Lipinski definition) is 5. The molecule has 0 atom stereocenters. The van der Waals surface area contributed by atoms with Crippen LogP contribution < -0.4 is 4.90 Å². The van der Waals surface area contributed by atoms with E-state index in [4.69, 9.17) is 4.74 Å². The Morgan fingerprint density at radius 3 is 3.00 bits per heavy atom. The van der Waals surface area contributed by atoms with Gasteiger partial charge in [-0.05, 0) is 24.5 Å². The van der Waals surface area contributed by atoms with Crippen LogP contribution in [0.3, 0.4) is 0 Å². The van der Waals surface area contributed by atoms with Crippen molar-refractivity contribution in [2.45, 2.75) is 19.9 Å². The van der Waals surface area contributed by atoms with Crippen molar-refractivity contribution in [2.75, 3.05) is 18.1 Å². The van der Waals surface area contributed by atoms with Crippen LogP contribution in [0.4, 0.5) is 5.13 Å². The summed E-state index contributed by atoms with van der Waals surface area (Å²) in [6.45, 7) is 3.97. The number of carbonyl (C=O) groups is 1. The third kappa shape index (κ3) is 2.54. The average molecular weight is 288 g/mol. The molecule has 0 spiro atoms. The maximum atomic E-state index is 11.6. The fourth-order valence-corrected chi connectivity index (χ4v) is 3.19. The minimum atomic E-state index is -0.340. The van der Waals surface area contributed by atoms with Crippen molar-refractivity contribution in [1.29, 1.82) is 0 Å². The van der Waals surface area contributed by atoms with Gasteiger partial charge in [-0.1, -0.05) is 24.3 Å². The van der Waals surface area contributed by atoms with Gasteiger partial charge < -0.3 is 9.64 Å². The van der Waals surface area contributed by atoms with Gasteiger partial charge in [-0.2, -0.15) is 0 Å². The second-order valence-corrected chi connectivity index (χ2v) is 5.51. The summed E-state index contributed by atoms with van der Waals surface area (Å²) in [6, 6.07) is 8.48. The number of ether oxygens (including phenoxy) is 1. The molecule has 0 amide bonds. The molecule has 0 fully saturated rings. The van der Waals surface area contributed by atoms with Gasteiger partial charge in [0.25, 0.3) is 0 Å². The monoisotopic (exact) mass is 288 g/mol. The van der Waals surface area contributed by atoms with Gasteiger partial charge >= 0.3 is 5.97 Å². The Bertz CT molecular complexity index is 624. The highest BCUT2D eigenvalue weighted by Gasteiger charge is 2.20. The molecule has 0 saturated carbocycles. The van der Waals surface area contributed by atoms with Gasteiger partial charge in [0, 0.05) is 18.5 Å². The third-order valence-electron chi connectivity index (χ3n) is 3.38. The summed E-state index contributed by atoms with van der Waals surface area (Å²) in [5, 5.41) is 2.66. The number of anilines is 1. The predicted molar refractivity (Wildman–Crippen MR) is 79.3 cm³/mol.